The molecule has 164 valence electrons. The number of rotatable bonds is 10. The molecule has 0 aliphatic carbocycles. The molecule has 7 nitrogen and oxygen atoms in total. The highest BCUT2D eigenvalue weighted by molar-refractivity contribution is 6.09. The minimum Gasteiger partial charge on any atom is -0.492 e. The molecule has 0 spiro atoms. The molecule has 2 aromatic rings. The van der Waals surface area contributed by atoms with Crippen LogP contribution in [0.2, 0.25) is 0 Å². The third kappa shape index (κ3) is 5.23. The molecule has 1 fully saturated rings. The normalized spacial score (nSPS) is 18.1. The van der Waals surface area contributed by atoms with Crippen LogP contribution in [0.5, 0.6) is 5.75 Å². The highest BCUT2D eigenvalue weighted by atomic mass is 16.5. The lowest BCUT2D eigenvalue weighted by Gasteiger charge is -2.27. The van der Waals surface area contributed by atoms with Gasteiger partial charge in [0, 0.05) is 0 Å². The van der Waals surface area contributed by atoms with Crippen LogP contribution in [0.3, 0.4) is 0 Å². The molecule has 1 atom stereocenters. The number of carbonyl (C=O) groups excluding carboxylic acids is 3. The largest absolute Gasteiger partial charge is 0.492 e. The zero-order valence-corrected chi connectivity index (χ0v) is 18.0. The van der Waals surface area contributed by atoms with Crippen LogP contribution in [0.4, 0.5) is 4.79 Å². The topological polar surface area (TPSA) is 87.7 Å². The van der Waals surface area contributed by atoms with Gasteiger partial charge < -0.3 is 15.4 Å². The van der Waals surface area contributed by atoms with E-state index in [1.54, 1.807) is 0 Å². The van der Waals surface area contributed by atoms with Crippen molar-refractivity contribution in [2.24, 2.45) is 0 Å². The average molecular weight is 424 g/mol. The molecule has 1 aliphatic heterocycles. The van der Waals surface area contributed by atoms with Crippen molar-refractivity contribution in [1.29, 1.82) is 0 Å². The lowest BCUT2D eigenvalue weighted by molar-refractivity contribution is -0.135. The Hall–Kier alpha value is -3.35. The van der Waals surface area contributed by atoms with Gasteiger partial charge in [0.05, 0.1) is 6.54 Å². The summed E-state index contributed by atoms with van der Waals surface area (Å²) in [5.41, 5.74) is 0.699. The number of imide groups is 1. The van der Waals surface area contributed by atoms with E-state index in [2.05, 4.69) is 10.6 Å². The molecule has 1 unspecified atom stereocenters. The molecule has 1 heterocycles. The van der Waals surface area contributed by atoms with Crippen molar-refractivity contribution in [3.8, 4) is 5.75 Å². The Morgan fingerprint density at radius 1 is 1.13 bits per heavy atom. The predicted octanol–water partition coefficient (Wildman–Crippen LogP) is 3.13. The van der Waals surface area contributed by atoms with E-state index in [-0.39, 0.29) is 19.0 Å². The van der Waals surface area contributed by atoms with E-state index >= 15 is 0 Å². The standard InChI is InChI=1S/C24H29N3O4/c1-3-4-13-24(19-10-6-5-7-11-19)22(29)27(23(30)26-24)17-21(28)25-14-15-31-20-12-8-9-18(2)16-20/h5-12,16H,3-4,13-15,17H2,1-2H3,(H,25,28)(H,26,30). The summed E-state index contributed by atoms with van der Waals surface area (Å²) >= 11 is 0. The second kappa shape index (κ2) is 10.1. The molecule has 3 rings (SSSR count). The van der Waals surface area contributed by atoms with Crippen molar-refractivity contribution in [3.63, 3.8) is 0 Å². The summed E-state index contributed by atoms with van der Waals surface area (Å²) < 4.78 is 5.61. The van der Waals surface area contributed by atoms with E-state index in [1.165, 1.54) is 0 Å². The summed E-state index contributed by atoms with van der Waals surface area (Å²) in [4.78, 5) is 39.2. The first kappa shape index (κ1) is 22.3. The number of benzene rings is 2. The van der Waals surface area contributed by atoms with E-state index in [4.69, 9.17) is 4.74 Å². The SMILES string of the molecule is CCCCC1(c2ccccc2)NC(=O)N(CC(=O)NCCOc2cccc(C)c2)C1=O. The minimum atomic E-state index is -1.12. The third-order valence-electron chi connectivity index (χ3n) is 5.33. The first-order valence-electron chi connectivity index (χ1n) is 10.6. The van der Waals surface area contributed by atoms with Gasteiger partial charge >= 0.3 is 6.03 Å². The Kier molecular flexibility index (Phi) is 7.28. The number of aryl methyl sites for hydroxylation is 1. The molecule has 0 radical (unpaired) electrons. The zero-order valence-electron chi connectivity index (χ0n) is 18.0. The van der Waals surface area contributed by atoms with Crippen molar-refractivity contribution in [1.82, 2.24) is 15.5 Å². The Bertz CT molecular complexity index is 931. The van der Waals surface area contributed by atoms with Crippen LogP contribution in [0, 0.1) is 6.92 Å². The van der Waals surface area contributed by atoms with Crippen molar-refractivity contribution >= 4 is 17.8 Å². The van der Waals surface area contributed by atoms with E-state index in [0.717, 1.165) is 34.6 Å². The van der Waals surface area contributed by atoms with Crippen molar-refractivity contribution < 1.29 is 19.1 Å². The number of hydrogen-bond donors (Lipinski definition) is 2. The van der Waals surface area contributed by atoms with Crippen LogP contribution >= 0.6 is 0 Å². The summed E-state index contributed by atoms with van der Waals surface area (Å²) in [6.45, 7) is 4.25. The highest BCUT2D eigenvalue weighted by Gasteiger charge is 2.52. The van der Waals surface area contributed by atoms with E-state index in [0.29, 0.717) is 13.0 Å². The van der Waals surface area contributed by atoms with E-state index in [9.17, 15) is 14.4 Å². The fourth-order valence-corrected chi connectivity index (χ4v) is 3.71. The molecular formula is C24H29N3O4. The predicted molar refractivity (Wildman–Crippen MR) is 118 cm³/mol. The summed E-state index contributed by atoms with van der Waals surface area (Å²) in [6.07, 6.45) is 2.15. The fraction of sp³-hybridized carbons (Fsp3) is 0.375. The van der Waals surface area contributed by atoms with Gasteiger partial charge in [-0.3, -0.25) is 14.5 Å². The number of hydrogen-bond acceptors (Lipinski definition) is 4. The molecule has 0 saturated carbocycles. The molecule has 7 heteroatoms. The molecule has 2 aromatic carbocycles. The Balaban J connectivity index is 1.58. The van der Waals surface area contributed by atoms with Crippen LogP contribution in [-0.4, -0.2) is 42.4 Å². The van der Waals surface area contributed by atoms with Crippen LogP contribution in [0.25, 0.3) is 0 Å². The third-order valence-corrected chi connectivity index (χ3v) is 5.33. The quantitative estimate of drug-likeness (QED) is 0.454. The Morgan fingerprint density at radius 3 is 2.61 bits per heavy atom. The second-order valence-corrected chi connectivity index (χ2v) is 7.71. The van der Waals surface area contributed by atoms with Gasteiger partial charge in [-0.2, -0.15) is 0 Å². The monoisotopic (exact) mass is 423 g/mol. The molecule has 0 bridgehead atoms. The van der Waals surface area contributed by atoms with Gasteiger partial charge in [-0.15, -0.1) is 0 Å². The maximum absolute atomic E-state index is 13.3. The van der Waals surface area contributed by atoms with Crippen molar-refractivity contribution in [2.75, 3.05) is 19.7 Å². The maximum Gasteiger partial charge on any atom is 0.325 e. The molecule has 0 aromatic heterocycles. The van der Waals surface area contributed by atoms with Crippen LogP contribution in [0.15, 0.2) is 54.6 Å². The Labute approximate surface area is 182 Å². The van der Waals surface area contributed by atoms with Gasteiger partial charge in [0.15, 0.2) is 0 Å². The molecule has 1 saturated heterocycles. The van der Waals surface area contributed by atoms with Crippen LogP contribution in [-0.2, 0) is 15.1 Å². The first-order chi connectivity index (χ1) is 15.0. The highest BCUT2D eigenvalue weighted by Crippen LogP contribution is 2.34. The molecule has 1 aliphatic rings. The summed E-state index contributed by atoms with van der Waals surface area (Å²) in [7, 11) is 0. The molecule has 2 N–H and O–H groups in total. The summed E-state index contributed by atoms with van der Waals surface area (Å²) in [5.74, 6) is -0.0640. The number of unbranched alkanes of at least 4 members (excludes halogenated alkanes) is 1. The lowest BCUT2D eigenvalue weighted by atomic mass is 9.85. The molecular weight excluding hydrogens is 394 g/mol. The van der Waals surface area contributed by atoms with E-state index in [1.807, 2.05) is 68.4 Å². The number of carbonyl (C=O) groups is 3. The first-order valence-corrected chi connectivity index (χ1v) is 10.6. The smallest absolute Gasteiger partial charge is 0.325 e. The lowest BCUT2D eigenvalue weighted by Crippen LogP contribution is -2.45. The van der Waals surface area contributed by atoms with Crippen LogP contribution in [0.1, 0.15) is 37.3 Å². The van der Waals surface area contributed by atoms with Gasteiger partial charge in [-0.1, -0.05) is 62.2 Å². The van der Waals surface area contributed by atoms with Crippen molar-refractivity contribution in [2.45, 2.75) is 38.6 Å². The minimum absolute atomic E-state index is 0.274. The van der Waals surface area contributed by atoms with Crippen molar-refractivity contribution in [3.05, 3.63) is 65.7 Å². The summed E-state index contributed by atoms with van der Waals surface area (Å²) in [5, 5.41) is 5.56. The van der Waals surface area contributed by atoms with Crippen LogP contribution < -0.4 is 15.4 Å². The van der Waals surface area contributed by atoms with Gasteiger partial charge in [-0.05, 0) is 36.6 Å². The van der Waals surface area contributed by atoms with E-state index < -0.39 is 17.5 Å². The maximum atomic E-state index is 13.3. The zero-order chi connectivity index (χ0) is 22.3. The molecule has 4 amide bonds. The number of ether oxygens (including phenoxy) is 1. The van der Waals surface area contributed by atoms with Gasteiger partial charge in [0.1, 0.15) is 24.4 Å². The Morgan fingerprint density at radius 2 is 1.90 bits per heavy atom. The number of nitrogens with one attached hydrogen (secondary N) is 2. The van der Waals surface area contributed by atoms with Gasteiger partial charge in [-0.25, -0.2) is 4.79 Å². The second-order valence-electron chi connectivity index (χ2n) is 7.71. The number of amides is 4. The fourth-order valence-electron chi connectivity index (χ4n) is 3.71. The number of urea groups is 1. The van der Waals surface area contributed by atoms with Gasteiger partial charge in [0.25, 0.3) is 5.91 Å². The average Bonchev–Trinajstić information content (AvgIpc) is 3.01. The number of nitrogens with zero attached hydrogens (tertiary/aromatic N) is 1. The molecule has 31 heavy (non-hydrogen) atoms. The van der Waals surface area contributed by atoms with Gasteiger partial charge in [0.2, 0.25) is 5.91 Å². The summed E-state index contributed by atoms with van der Waals surface area (Å²) in [6, 6.07) is 16.3.